The van der Waals surface area contributed by atoms with Crippen LogP contribution in [0.25, 0.3) is 22.3 Å². The average molecular weight is 621 g/mol. The molecule has 4 heterocycles. The van der Waals surface area contributed by atoms with E-state index in [1.165, 1.54) is 4.90 Å². The van der Waals surface area contributed by atoms with Gasteiger partial charge >= 0.3 is 18.2 Å². The number of nitrogens with two attached hydrogens (primary N) is 1. The molecule has 2 aromatic heterocycles. The minimum atomic E-state index is -1.79. The average Bonchev–Trinajstić information content (AvgIpc) is 3.35. The number of fused-ring (bicyclic) bond motifs is 5. The second kappa shape index (κ2) is 12.2. The number of hydrogen-bond donors (Lipinski definition) is 1. The Labute approximate surface area is 261 Å². The number of hydrogen-bond acceptors (Lipinski definition) is 10. The first-order valence-electron chi connectivity index (χ1n) is 15.3. The topological polar surface area (TPSA) is 152 Å². The van der Waals surface area contributed by atoms with Gasteiger partial charge in [-0.05, 0) is 82.8 Å². The molecule has 0 bridgehead atoms. The summed E-state index contributed by atoms with van der Waals surface area (Å²) in [5, 5.41) is 0.788. The van der Waals surface area contributed by atoms with E-state index < -0.39 is 29.4 Å². The Morgan fingerprint density at radius 3 is 2.56 bits per heavy atom. The van der Waals surface area contributed by atoms with Gasteiger partial charge in [0, 0.05) is 30.1 Å². The normalized spacial score (nSPS) is 16.8. The van der Waals surface area contributed by atoms with Crippen LogP contribution >= 0.6 is 0 Å². The monoisotopic (exact) mass is 620 g/mol. The number of amides is 1. The van der Waals surface area contributed by atoms with Gasteiger partial charge in [-0.2, -0.15) is 0 Å². The number of cyclic esters (lactones) is 1. The molecule has 0 spiro atoms. The van der Waals surface area contributed by atoms with Crippen molar-refractivity contribution in [2.24, 2.45) is 5.73 Å². The summed E-state index contributed by atoms with van der Waals surface area (Å²) in [5.41, 5.74) is 6.92. The highest BCUT2D eigenvalue weighted by molar-refractivity contribution is 5.91. The summed E-state index contributed by atoms with van der Waals surface area (Å²) >= 11 is 0. The first-order valence-corrected chi connectivity index (χ1v) is 15.3. The van der Waals surface area contributed by atoms with Gasteiger partial charge in [0.15, 0.2) is 0 Å². The Bertz CT molecular complexity index is 1740. The summed E-state index contributed by atoms with van der Waals surface area (Å²) < 4.78 is 23.7. The number of nitrogens with zero attached hydrogens (tertiary/aromatic N) is 3. The van der Waals surface area contributed by atoms with Gasteiger partial charge in [-0.1, -0.05) is 13.8 Å². The highest BCUT2D eigenvalue weighted by atomic mass is 16.7. The molecule has 5 rings (SSSR count). The maximum atomic E-state index is 14.0. The third kappa shape index (κ3) is 5.86. The first kappa shape index (κ1) is 32.0. The zero-order valence-electron chi connectivity index (χ0n) is 26.7. The van der Waals surface area contributed by atoms with Gasteiger partial charge in [-0.25, -0.2) is 19.4 Å². The third-order valence-electron chi connectivity index (χ3n) is 8.21. The van der Waals surface area contributed by atoms with Gasteiger partial charge in [0.2, 0.25) is 5.60 Å². The Morgan fingerprint density at radius 1 is 1.13 bits per heavy atom. The van der Waals surface area contributed by atoms with Crippen molar-refractivity contribution in [1.82, 2.24) is 14.5 Å². The zero-order valence-corrected chi connectivity index (χ0v) is 26.7. The maximum Gasteiger partial charge on any atom is 0.514 e. The van der Waals surface area contributed by atoms with Crippen LogP contribution in [0, 0.1) is 0 Å². The molecule has 45 heavy (non-hydrogen) atoms. The van der Waals surface area contributed by atoms with Gasteiger partial charge in [-0.3, -0.25) is 4.79 Å². The summed E-state index contributed by atoms with van der Waals surface area (Å²) in [6, 6.07) is 6.89. The number of unbranched alkanes of at least 4 members (excludes halogenated alkanes) is 1. The first-order chi connectivity index (χ1) is 21.3. The highest BCUT2D eigenvalue weighted by Gasteiger charge is 2.51. The lowest BCUT2D eigenvalue weighted by Gasteiger charge is -2.36. The summed E-state index contributed by atoms with van der Waals surface area (Å²) in [6.45, 7) is 9.94. The molecule has 1 atom stereocenters. The molecule has 1 amide bonds. The van der Waals surface area contributed by atoms with Crippen LogP contribution in [0.4, 0.5) is 9.59 Å². The van der Waals surface area contributed by atoms with Crippen LogP contribution in [-0.2, 0) is 44.2 Å². The number of aryl methyl sites for hydroxylation is 1. The van der Waals surface area contributed by atoms with Crippen LogP contribution in [0.5, 0.6) is 5.75 Å². The van der Waals surface area contributed by atoms with E-state index in [-0.39, 0.29) is 30.7 Å². The van der Waals surface area contributed by atoms with Gasteiger partial charge < -0.3 is 34.1 Å². The molecule has 2 aliphatic rings. The number of pyridine rings is 2. The summed E-state index contributed by atoms with van der Waals surface area (Å²) in [7, 11) is 1.59. The molecule has 0 saturated carbocycles. The van der Waals surface area contributed by atoms with E-state index in [2.05, 4.69) is 0 Å². The van der Waals surface area contributed by atoms with Crippen molar-refractivity contribution >= 4 is 29.1 Å². The van der Waals surface area contributed by atoms with Crippen LogP contribution in [0.15, 0.2) is 29.1 Å². The number of ether oxygens (including phenoxy) is 4. The van der Waals surface area contributed by atoms with Crippen molar-refractivity contribution in [2.75, 3.05) is 20.1 Å². The maximum absolute atomic E-state index is 14.0. The van der Waals surface area contributed by atoms with Crippen LogP contribution < -0.4 is 16.0 Å². The van der Waals surface area contributed by atoms with Crippen molar-refractivity contribution in [1.29, 1.82) is 0 Å². The predicted octanol–water partition coefficient (Wildman–Crippen LogP) is 4.77. The van der Waals surface area contributed by atoms with Crippen LogP contribution in [0.2, 0.25) is 0 Å². The van der Waals surface area contributed by atoms with Crippen molar-refractivity contribution in [3.8, 4) is 17.1 Å². The van der Waals surface area contributed by atoms with Gasteiger partial charge in [0.05, 0.1) is 29.0 Å². The molecule has 0 saturated heterocycles. The molecule has 12 heteroatoms. The van der Waals surface area contributed by atoms with Crippen molar-refractivity contribution < 1.29 is 33.3 Å². The molecule has 12 nitrogen and oxygen atoms in total. The molecule has 240 valence electrons. The molecular formula is C33H40N4O8. The Balaban J connectivity index is 1.57. The molecule has 1 unspecified atom stereocenters. The molecule has 2 aliphatic heterocycles. The molecule has 0 fully saturated rings. The Morgan fingerprint density at radius 2 is 1.89 bits per heavy atom. The second-order valence-electron chi connectivity index (χ2n) is 12.4. The van der Waals surface area contributed by atoms with Crippen LogP contribution in [0.1, 0.15) is 76.1 Å². The second-order valence-corrected chi connectivity index (χ2v) is 12.4. The number of carbonyl (C=O) groups is 3. The van der Waals surface area contributed by atoms with E-state index in [4.69, 9.17) is 29.7 Å². The summed E-state index contributed by atoms with van der Waals surface area (Å²) in [5.74, 6) is -0.406. The standard InChI is InChI=1S/C33H40N4O8/c1-7-20-21-15-19(43-31(41)45-32(3,4)5)11-12-25(21)35-27-22(20)17-37-26(27)16-24-23(28(37)38)18-42-29(39)33(24,8-2)44-30(40)36(6)14-10-9-13-34/h11-12,15-16H,7-10,13-14,17-18,34H2,1-6H3. The number of carbonyl (C=O) groups excluding carboxylic acids is 3. The van der Waals surface area contributed by atoms with Crippen molar-refractivity contribution in [2.45, 2.75) is 84.7 Å². The van der Waals surface area contributed by atoms with E-state index in [1.807, 2.05) is 6.92 Å². The number of aromatic nitrogens is 2. The predicted molar refractivity (Wildman–Crippen MR) is 166 cm³/mol. The minimum Gasteiger partial charge on any atom is -0.457 e. The number of benzene rings is 1. The number of rotatable bonds is 8. The molecule has 0 radical (unpaired) electrons. The zero-order chi connectivity index (χ0) is 32.7. The van der Waals surface area contributed by atoms with Gasteiger partial charge in [-0.15, -0.1) is 0 Å². The Kier molecular flexibility index (Phi) is 8.63. The van der Waals surface area contributed by atoms with E-state index in [1.54, 1.807) is 63.6 Å². The molecule has 1 aromatic carbocycles. The highest BCUT2D eigenvalue weighted by Crippen LogP contribution is 2.42. The van der Waals surface area contributed by atoms with Gasteiger partial charge in [0.1, 0.15) is 18.0 Å². The lowest BCUT2D eigenvalue weighted by Crippen LogP contribution is -2.49. The van der Waals surface area contributed by atoms with E-state index >= 15 is 0 Å². The lowest BCUT2D eigenvalue weighted by atomic mass is 9.85. The molecule has 3 aromatic rings. The minimum absolute atomic E-state index is 0.0722. The quantitative estimate of drug-likeness (QED) is 0.126. The van der Waals surface area contributed by atoms with Crippen LogP contribution in [0.3, 0.4) is 0 Å². The van der Waals surface area contributed by atoms with Crippen molar-refractivity contribution in [3.63, 3.8) is 0 Å². The van der Waals surface area contributed by atoms with Crippen LogP contribution in [-0.4, -0.2) is 58.4 Å². The molecule has 0 aliphatic carbocycles. The van der Waals surface area contributed by atoms with Gasteiger partial charge in [0.25, 0.3) is 5.56 Å². The molecule has 2 N–H and O–H groups in total. The SMILES string of the molecule is CCc1c2c(nc3ccc(OC(=O)OC(C)(C)C)cc13)-c1cc3c(c(=O)n1C2)COC(=O)C3(CC)OC(=O)N(C)CCCCN. The third-order valence-corrected chi connectivity index (χ3v) is 8.21. The largest absolute Gasteiger partial charge is 0.514 e. The fourth-order valence-electron chi connectivity index (χ4n) is 5.94. The summed E-state index contributed by atoms with van der Waals surface area (Å²) in [4.78, 5) is 59.1. The Hall–Kier alpha value is -4.45. The fraction of sp³-hybridized carbons (Fsp3) is 0.485. The number of esters is 1. The van der Waals surface area contributed by atoms with E-state index in [0.717, 1.165) is 22.9 Å². The molecular weight excluding hydrogens is 580 g/mol. The fourth-order valence-corrected chi connectivity index (χ4v) is 5.94. The van der Waals surface area contributed by atoms with E-state index in [0.29, 0.717) is 54.1 Å². The van der Waals surface area contributed by atoms with Crippen molar-refractivity contribution in [3.05, 3.63) is 56.9 Å². The smallest absolute Gasteiger partial charge is 0.457 e. The van der Waals surface area contributed by atoms with E-state index in [9.17, 15) is 19.2 Å². The summed E-state index contributed by atoms with van der Waals surface area (Å²) in [6.07, 6.45) is 0.612. The lowest BCUT2D eigenvalue weighted by molar-refractivity contribution is -0.173.